The molecule has 1 aliphatic rings. The standard InChI is InChI=1S/C12H9Br2ClFNO3/c13-3-5-1-8(18)17(4-5)11-6(12(19)20)2-7(15)9(14)10(11)16/h2,5H,1,3-4H2,(H,19,20). The van der Waals surface area contributed by atoms with Gasteiger partial charge in [-0.2, -0.15) is 0 Å². The molecule has 2 rings (SSSR count). The summed E-state index contributed by atoms with van der Waals surface area (Å²) in [6.07, 6.45) is 0.254. The zero-order chi connectivity index (χ0) is 15.0. The van der Waals surface area contributed by atoms with Crippen LogP contribution in [0.5, 0.6) is 0 Å². The van der Waals surface area contributed by atoms with E-state index in [1.54, 1.807) is 0 Å². The van der Waals surface area contributed by atoms with Crippen molar-refractivity contribution in [2.75, 3.05) is 16.8 Å². The minimum Gasteiger partial charge on any atom is -0.478 e. The lowest BCUT2D eigenvalue weighted by Gasteiger charge is -2.20. The summed E-state index contributed by atoms with van der Waals surface area (Å²) < 4.78 is 14.3. The van der Waals surface area contributed by atoms with Crippen LogP contribution in [0, 0.1) is 11.7 Å². The first-order valence-corrected chi connectivity index (χ1v) is 7.93. The lowest BCUT2D eigenvalue weighted by molar-refractivity contribution is -0.117. The molecule has 0 aromatic heterocycles. The number of amides is 1. The normalized spacial score (nSPS) is 18.7. The molecule has 1 fully saturated rings. The van der Waals surface area contributed by atoms with E-state index in [4.69, 9.17) is 11.6 Å². The molecule has 0 radical (unpaired) electrons. The summed E-state index contributed by atoms with van der Waals surface area (Å²) >= 11 is 12.0. The second kappa shape index (κ2) is 5.99. The molecule has 108 valence electrons. The highest BCUT2D eigenvalue weighted by Gasteiger charge is 2.35. The molecule has 0 spiro atoms. The van der Waals surface area contributed by atoms with Crippen LogP contribution in [0.4, 0.5) is 10.1 Å². The summed E-state index contributed by atoms with van der Waals surface area (Å²) in [6.45, 7) is 0.273. The lowest BCUT2D eigenvalue weighted by atomic mass is 10.1. The predicted molar refractivity (Wildman–Crippen MR) is 80.3 cm³/mol. The summed E-state index contributed by atoms with van der Waals surface area (Å²) in [5.41, 5.74) is -0.554. The average molecular weight is 429 g/mol. The number of carbonyl (C=O) groups excluding carboxylic acids is 1. The summed E-state index contributed by atoms with van der Waals surface area (Å²) in [5, 5.41) is 9.73. The number of carbonyl (C=O) groups is 2. The number of carboxylic acid groups (broad SMARTS) is 1. The van der Waals surface area contributed by atoms with E-state index >= 15 is 0 Å². The van der Waals surface area contributed by atoms with E-state index in [1.807, 2.05) is 0 Å². The van der Waals surface area contributed by atoms with E-state index in [2.05, 4.69) is 31.9 Å². The zero-order valence-electron chi connectivity index (χ0n) is 10.00. The minimum absolute atomic E-state index is 0.0259. The molecule has 0 aliphatic carbocycles. The van der Waals surface area contributed by atoms with Gasteiger partial charge in [0.1, 0.15) is 0 Å². The number of nitrogens with zero attached hydrogens (tertiary/aromatic N) is 1. The van der Waals surface area contributed by atoms with Crippen LogP contribution in [0.15, 0.2) is 10.5 Å². The highest BCUT2D eigenvalue weighted by atomic mass is 79.9. The van der Waals surface area contributed by atoms with Gasteiger partial charge in [0.25, 0.3) is 0 Å². The van der Waals surface area contributed by atoms with Crippen LogP contribution < -0.4 is 4.90 Å². The Bertz CT molecular complexity index is 597. The summed E-state index contributed by atoms with van der Waals surface area (Å²) in [6, 6.07) is 1.14. The monoisotopic (exact) mass is 427 g/mol. The molecule has 1 unspecified atom stereocenters. The fraction of sp³-hybridized carbons (Fsp3) is 0.333. The highest BCUT2D eigenvalue weighted by molar-refractivity contribution is 9.10. The van der Waals surface area contributed by atoms with E-state index in [9.17, 15) is 19.1 Å². The Kier molecular flexibility index (Phi) is 4.71. The quantitative estimate of drug-likeness (QED) is 0.589. The van der Waals surface area contributed by atoms with E-state index in [0.29, 0.717) is 5.33 Å². The van der Waals surface area contributed by atoms with Crippen LogP contribution in [0.25, 0.3) is 0 Å². The summed E-state index contributed by atoms with van der Waals surface area (Å²) in [4.78, 5) is 24.4. The Morgan fingerprint density at radius 3 is 2.75 bits per heavy atom. The first kappa shape index (κ1) is 15.7. The predicted octanol–water partition coefficient (Wildman–Crippen LogP) is 3.69. The molecule has 1 saturated heterocycles. The molecule has 1 aromatic carbocycles. The number of benzene rings is 1. The third-order valence-corrected chi connectivity index (χ3v) is 5.28. The van der Waals surface area contributed by atoms with E-state index in [1.165, 1.54) is 4.90 Å². The molecule has 1 heterocycles. The number of alkyl halides is 1. The smallest absolute Gasteiger partial charge is 0.337 e. The number of hydrogen-bond acceptors (Lipinski definition) is 2. The number of halogens is 4. The summed E-state index contributed by atoms with van der Waals surface area (Å²) in [5.74, 6) is -2.44. The molecule has 1 aromatic rings. The van der Waals surface area contributed by atoms with Crippen LogP contribution in [0.2, 0.25) is 5.02 Å². The van der Waals surface area contributed by atoms with Crippen molar-refractivity contribution in [1.82, 2.24) is 0 Å². The van der Waals surface area contributed by atoms with Crippen molar-refractivity contribution >= 4 is 61.0 Å². The Hall–Kier alpha value is -0.660. The third kappa shape index (κ3) is 2.71. The Labute approximate surface area is 136 Å². The molecule has 4 nitrogen and oxygen atoms in total. The highest BCUT2D eigenvalue weighted by Crippen LogP contribution is 2.38. The molecule has 1 atom stereocenters. The van der Waals surface area contributed by atoms with E-state index in [0.717, 1.165) is 6.07 Å². The second-order valence-electron chi connectivity index (χ2n) is 4.42. The van der Waals surface area contributed by atoms with Gasteiger partial charge in [0.2, 0.25) is 5.91 Å². The molecule has 0 saturated carbocycles. The van der Waals surface area contributed by atoms with Crippen molar-refractivity contribution in [1.29, 1.82) is 0 Å². The molecular formula is C12H9Br2ClFNO3. The van der Waals surface area contributed by atoms with Crippen molar-refractivity contribution < 1.29 is 19.1 Å². The van der Waals surface area contributed by atoms with Crippen molar-refractivity contribution in [2.45, 2.75) is 6.42 Å². The number of rotatable bonds is 3. The van der Waals surface area contributed by atoms with Crippen molar-refractivity contribution in [3.63, 3.8) is 0 Å². The number of hydrogen-bond donors (Lipinski definition) is 1. The number of anilines is 1. The first-order valence-electron chi connectivity index (χ1n) is 5.64. The van der Waals surface area contributed by atoms with Gasteiger partial charge in [0.05, 0.1) is 20.7 Å². The second-order valence-corrected chi connectivity index (χ2v) is 6.26. The Morgan fingerprint density at radius 1 is 1.60 bits per heavy atom. The number of aromatic carboxylic acids is 1. The van der Waals surface area contributed by atoms with Crippen molar-refractivity contribution in [2.24, 2.45) is 5.92 Å². The zero-order valence-corrected chi connectivity index (χ0v) is 13.9. The van der Waals surface area contributed by atoms with E-state index in [-0.39, 0.29) is 45.5 Å². The van der Waals surface area contributed by atoms with Gasteiger partial charge in [-0.1, -0.05) is 27.5 Å². The number of carboxylic acids is 1. The molecule has 1 N–H and O–H groups in total. The molecule has 0 bridgehead atoms. The topological polar surface area (TPSA) is 57.6 Å². The van der Waals surface area contributed by atoms with Crippen LogP contribution >= 0.6 is 43.5 Å². The lowest BCUT2D eigenvalue weighted by Crippen LogP contribution is -2.28. The van der Waals surface area contributed by atoms with Crippen molar-refractivity contribution in [3.05, 3.63) is 26.9 Å². The molecule has 20 heavy (non-hydrogen) atoms. The van der Waals surface area contributed by atoms with Gasteiger partial charge >= 0.3 is 5.97 Å². The summed E-state index contributed by atoms with van der Waals surface area (Å²) in [7, 11) is 0. The maximum atomic E-state index is 14.3. The maximum absolute atomic E-state index is 14.3. The Balaban J connectivity index is 2.58. The van der Waals surface area contributed by atoms with Crippen LogP contribution in [0.1, 0.15) is 16.8 Å². The largest absolute Gasteiger partial charge is 0.478 e. The van der Waals surface area contributed by atoms with Gasteiger partial charge in [-0.05, 0) is 27.9 Å². The minimum atomic E-state index is -1.33. The fourth-order valence-electron chi connectivity index (χ4n) is 2.11. The maximum Gasteiger partial charge on any atom is 0.337 e. The van der Waals surface area contributed by atoms with Gasteiger partial charge in [-0.25, -0.2) is 9.18 Å². The first-order chi connectivity index (χ1) is 9.36. The van der Waals surface area contributed by atoms with Crippen molar-refractivity contribution in [3.8, 4) is 0 Å². The van der Waals surface area contributed by atoms with Gasteiger partial charge in [0, 0.05) is 18.3 Å². The molecule has 1 aliphatic heterocycles. The van der Waals surface area contributed by atoms with Gasteiger partial charge in [-0.3, -0.25) is 4.79 Å². The van der Waals surface area contributed by atoms with Gasteiger partial charge in [-0.15, -0.1) is 0 Å². The fourth-order valence-corrected chi connectivity index (χ4v) is 3.04. The molecular weight excluding hydrogens is 420 g/mol. The average Bonchev–Trinajstić information content (AvgIpc) is 2.76. The van der Waals surface area contributed by atoms with Gasteiger partial charge < -0.3 is 10.0 Å². The third-order valence-electron chi connectivity index (χ3n) is 3.06. The molecule has 1 amide bonds. The van der Waals surface area contributed by atoms with Crippen LogP contribution in [-0.4, -0.2) is 28.9 Å². The van der Waals surface area contributed by atoms with Crippen LogP contribution in [-0.2, 0) is 4.79 Å². The SMILES string of the molecule is O=C(O)c1cc(Cl)c(Br)c(F)c1N1CC(CBr)CC1=O. The van der Waals surface area contributed by atoms with Crippen LogP contribution in [0.3, 0.4) is 0 Å². The molecule has 8 heteroatoms. The van der Waals surface area contributed by atoms with E-state index < -0.39 is 11.8 Å². The Morgan fingerprint density at radius 2 is 2.25 bits per heavy atom. The van der Waals surface area contributed by atoms with Gasteiger partial charge in [0.15, 0.2) is 5.82 Å².